The number of methoxy groups -OCH3 is 1. The zero-order valence-electron chi connectivity index (χ0n) is 21.9. The number of hydrogen-bond donors (Lipinski definition) is 1. The van der Waals surface area contributed by atoms with Crippen molar-refractivity contribution in [2.45, 2.75) is 25.9 Å². The highest BCUT2D eigenvalue weighted by Gasteiger charge is 2.23. The van der Waals surface area contributed by atoms with Crippen molar-refractivity contribution in [3.05, 3.63) is 95.1 Å². The molecular formula is C32H31F2NO4. The minimum atomic E-state index is -1.13. The van der Waals surface area contributed by atoms with E-state index in [1.54, 1.807) is 55.6 Å². The number of aliphatic hydroxyl groups is 1. The van der Waals surface area contributed by atoms with E-state index in [1.807, 2.05) is 6.07 Å². The van der Waals surface area contributed by atoms with Crippen molar-refractivity contribution >= 4 is 16.6 Å². The first-order valence-electron chi connectivity index (χ1n) is 13.2. The molecule has 7 heteroatoms. The van der Waals surface area contributed by atoms with Gasteiger partial charge in [0, 0.05) is 23.2 Å². The lowest BCUT2D eigenvalue weighted by atomic mass is 9.87. The smallest absolute Gasteiger partial charge is 0.194 e. The molecule has 0 radical (unpaired) electrons. The Morgan fingerprint density at radius 1 is 0.897 bits per heavy atom. The number of piperidine rings is 1. The van der Waals surface area contributed by atoms with Crippen molar-refractivity contribution in [2.24, 2.45) is 0 Å². The van der Waals surface area contributed by atoms with Gasteiger partial charge >= 0.3 is 0 Å². The van der Waals surface area contributed by atoms with Crippen LogP contribution in [0, 0.1) is 11.6 Å². The van der Waals surface area contributed by atoms with E-state index in [2.05, 4.69) is 4.90 Å². The van der Waals surface area contributed by atoms with Crippen LogP contribution < -0.4 is 9.47 Å². The lowest BCUT2D eigenvalue weighted by Crippen LogP contribution is -2.33. The summed E-state index contributed by atoms with van der Waals surface area (Å²) in [6.45, 7) is 2.93. The van der Waals surface area contributed by atoms with Crippen LogP contribution in [0.4, 0.5) is 8.78 Å². The Morgan fingerprint density at radius 2 is 1.62 bits per heavy atom. The zero-order valence-corrected chi connectivity index (χ0v) is 21.9. The summed E-state index contributed by atoms with van der Waals surface area (Å²) >= 11 is 0. The fraction of sp³-hybridized carbons (Fsp3) is 0.281. The Morgan fingerprint density at radius 3 is 2.33 bits per heavy atom. The van der Waals surface area contributed by atoms with Gasteiger partial charge in [0.25, 0.3) is 0 Å². The van der Waals surface area contributed by atoms with Crippen LogP contribution in [0.1, 0.15) is 40.7 Å². The summed E-state index contributed by atoms with van der Waals surface area (Å²) in [7, 11) is 1.56. The molecule has 0 amide bonds. The van der Waals surface area contributed by atoms with E-state index in [4.69, 9.17) is 9.47 Å². The molecule has 1 saturated heterocycles. The Hall–Kier alpha value is -3.81. The Labute approximate surface area is 226 Å². The molecule has 0 bridgehead atoms. The van der Waals surface area contributed by atoms with Crippen LogP contribution in [-0.4, -0.2) is 49.1 Å². The van der Waals surface area contributed by atoms with E-state index in [0.717, 1.165) is 31.1 Å². The number of ether oxygens (including phenoxy) is 2. The lowest BCUT2D eigenvalue weighted by Gasteiger charge is -2.26. The van der Waals surface area contributed by atoms with Crippen LogP contribution in [-0.2, 0) is 6.61 Å². The number of fused-ring (bicyclic) bond motifs is 1. The van der Waals surface area contributed by atoms with Gasteiger partial charge in [-0.3, -0.25) is 9.69 Å². The molecule has 1 heterocycles. The molecule has 5 nitrogen and oxygen atoms in total. The predicted molar refractivity (Wildman–Crippen MR) is 147 cm³/mol. The van der Waals surface area contributed by atoms with E-state index in [0.29, 0.717) is 40.2 Å². The van der Waals surface area contributed by atoms with Crippen LogP contribution >= 0.6 is 0 Å². The molecule has 4 aromatic rings. The van der Waals surface area contributed by atoms with Gasteiger partial charge in [-0.05, 0) is 96.4 Å². The molecule has 1 aliphatic heterocycles. The van der Waals surface area contributed by atoms with E-state index in [9.17, 15) is 18.7 Å². The van der Waals surface area contributed by atoms with Crippen LogP contribution in [0.25, 0.3) is 21.9 Å². The highest BCUT2D eigenvalue weighted by Crippen LogP contribution is 2.37. The third-order valence-electron chi connectivity index (χ3n) is 7.34. The van der Waals surface area contributed by atoms with Gasteiger partial charge in [0.1, 0.15) is 18.1 Å². The molecule has 1 fully saturated rings. The fourth-order valence-electron chi connectivity index (χ4n) is 5.23. The number of aliphatic hydroxyl groups excluding tert-OH is 1. The van der Waals surface area contributed by atoms with Crippen molar-refractivity contribution in [1.29, 1.82) is 0 Å². The summed E-state index contributed by atoms with van der Waals surface area (Å²) in [4.78, 5) is 16.4. The third kappa shape index (κ3) is 5.65. The highest BCUT2D eigenvalue weighted by molar-refractivity contribution is 6.20. The van der Waals surface area contributed by atoms with Crippen LogP contribution in [0.15, 0.2) is 66.7 Å². The maximum atomic E-state index is 14.6. The van der Waals surface area contributed by atoms with E-state index < -0.39 is 18.2 Å². The second-order valence-corrected chi connectivity index (χ2v) is 9.73. The largest absolute Gasteiger partial charge is 0.497 e. The first-order valence-corrected chi connectivity index (χ1v) is 13.2. The Bertz CT molecular complexity index is 1480. The number of hydrogen-bond acceptors (Lipinski definition) is 5. The molecule has 0 atom stereocenters. The summed E-state index contributed by atoms with van der Waals surface area (Å²) in [5, 5.41) is 11.3. The first kappa shape index (κ1) is 26.8. The average Bonchev–Trinajstić information content (AvgIpc) is 2.98. The summed E-state index contributed by atoms with van der Waals surface area (Å²) in [5.41, 5.74) is 1.22. The van der Waals surface area contributed by atoms with Gasteiger partial charge in [-0.15, -0.1) is 0 Å². The topological polar surface area (TPSA) is 59.0 Å². The third-order valence-corrected chi connectivity index (χ3v) is 7.34. The van der Waals surface area contributed by atoms with E-state index in [-0.39, 0.29) is 16.9 Å². The van der Waals surface area contributed by atoms with Gasteiger partial charge in [-0.1, -0.05) is 24.6 Å². The van der Waals surface area contributed by atoms with Crippen molar-refractivity contribution in [2.75, 3.05) is 33.4 Å². The molecule has 4 aromatic carbocycles. The number of rotatable bonds is 9. The number of halogens is 2. The molecule has 0 aromatic heterocycles. The van der Waals surface area contributed by atoms with Crippen LogP contribution in [0.3, 0.4) is 0 Å². The van der Waals surface area contributed by atoms with Gasteiger partial charge in [0.2, 0.25) is 0 Å². The van der Waals surface area contributed by atoms with Gasteiger partial charge in [0.15, 0.2) is 17.4 Å². The number of benzene rings is 4. The SMILES string of the molecule is COc1ccc2c(C(=O)c3ccc(OCCN4CCCCC4)cc3)c(-c3ccc(F)c(F)c3CO)ccc2c1. The lowest BCUT2D eigenvalue weighted by molar-refractivity contribution is 0.104. The molecule has 39 heavy (non-hydrogen) atoms. The second-order valence-electron chi connectivity index (χ2n) is 9.73. The Kier molecular flexibility index (Phi) is 8.19. The van der Waals surface area contributed by atoms with E-state index in [1.165, 1.54) is 25.3 Å². The predicted octanol–water partition coefficient (Wildman–Crippen LogP) is 6.38. The van der Waals surface area contributed by atoms with Crippen molar-refractivity contribution in [1.82, 2.24) is 4.90 Å². The minimum absolute atomic E-state index is 0.200. The van der Waals surface area contributed by atoms with Crippen molar-refractivity contribution < 1.29 is 28.2 Å². The van der Waals surface area contributed by atoms with Crippen LogP contribution in [0.5, 0.6) is 11.5 Å². The molecule has 0 aliphatic carbocycles. The van der Waals surface area contributed by atoms with Gasteiger partial charge in [0.05, 0.1) is 13.7 Å². The van der Waals surface area contributed by atoms with Gasteiger partial charge in [-0.2, -0.15) is 0 Å². The number of carbonyl (C=O) groups excluding carboxylic acids is 1. The summed E-state index contributed by atoms with van der Waals surface area (Å²) in [6, 6.07) is 18.2. The number of carbonyl (C=O) groups is 1. The monoisotopic (exact) mass is 531 g/mol. The second kappa shape index (κ2) is 11.9. The first-order chi connectivity index (χ1) is 19.0. The quantitative estimate of drug-likeness (QED) is 0.254. The summed E-state index contributed by atoms with van der Waals surface area (Å²) < 4.78 is 39.9. The number of likely N-dealkylation sites (tertiary alicyclic amines) is 1. The zero-order chi connectivity index (χ0) is 27.4. The normalized spacial score (nSPS) is 13.9. The number of ketones is 1. The average molecular weight is 532 g/mol. The molecule has 202 valence electrons. The van der Waals surface area contributed by atoms with Gasteiger partial charge in [-0.25, -0.2) is 8.78 Å². The summed E-state index contributed by atoms with van der Waals surface area (Å²) in [5.74, 6) is -1.17. The molecule has 1 N–H and O–H groups in total. The minimum Gasteiger partial charge on any atom is -0.497 e. The number of nitrogens with zero attached hydrogens (tertiary/aromatic N) is 1. The fourth-order valence-corrected chi connectivity index (χ4v) is 5.23. The molecule has 0 unspecified atom stereocenters. The molecule has 0 saturated carbocycles. The van der Waals surface area contributed by atoms with Gasteiger partial charge < -0.3 is 14.6 Å². The molecule has 1 aliphatic rings. The molecule has 5 rings (SSSR count). The maximum Gasteiger partial charge on any atom is 0.194 e. The van der Waals surface area contributed by atoms with E-state index >= 15 is 0 Å². The standard InChI is InChI=1S/C32H31F2NO4/c1-38-24-10-12-25-22(19-24)7-11-27(26-13-14-29(33)31(34)28(26)20-36)30(25)32(37)21-5-8-23(9-6-21)39-18-17-35-15-3-2-4-16-35/h5-14,19,36H,2-4,15-18,20H2,1H3. The summed E-state index contributed by atoms with van der Waals surface area (Å²) in [6.07, 6.45) is 3.74. The molecular weight excluding hydrogens is 500 g/mol. The van der Waals surface area contributed by atoms with Crippen LogP contribution in [0.2, 0.25) is 0 Å². The van der Waals surface area contributed by atoms with Crippen molar-refractivity contribution in [3.8, 4) is 22.6 Å². The Balaban J connectivity index is 1.50. The molecule has 0 spiro atoms. The highest BCUT2D eigenvalue weighted by atomic mass is 19.2. The maximum absolute atomic E-state index is 14.6. The van der Waals surface area contributed by atoms with Crippen molar-refractivity contribution in [3.63, 3.8) is 0 Å².